The third-order valence-corrected chi connectivity index (χ3v) is 3.39. The zero-order valence-electron chi connectivity index (χ0n) is 8.64. The van der Waals surface area contributed by atoms with E-state index in [1.165, 1.54) is 12.8 Å². The van der Waals surface area contributed by atoms with Crippen molar-refractivity contribution in [2.75, 3.05) is 0 Å². The summed E-state index contributed by atoms with van der Waals surface area (Å²) in [6.45, 7) is 6.61. The molecule has 0 spiro atoms. The van der Waals surface area contributed by atoms with Gasteiger partial charge in [0, 0.05) is 0 Å². The molecule has 72 valence electrons. The molecule has 0 aromatic heterocycles. The standard InChI is InChI=1S/C11H22O/c1-4-7-11(12)8-9(2)5-6-10(11)3/h9-10,12H,4-8H2,1-3H3. The van der Waals surface area contributed by atoms with Gasteiger partial charge in [0.2, 0.25) is 0 Å². The summed E-state index contributed by atoms with van der Waals surface area (Å²) in [5.74, 6) is 1.23. The third kappa shape index (κ3) is 2.01. The van der Waals surface area contributed by atoms with Gasteiger partial charge >= 0.3 is 0 Å². The average Bonchev–Trinajstić information content (AvgIpc) is 1.98. The average molecular weight is 170 g/mol. The number of aliphatic hydroxyl groups is 1. The lowest BCUT2D eigenvalue weighted by Crippen LogP contribution is -2.41. The summed E-state index contributed by atoms with van der Waals surface area (Å²) >= 11 is 0. The number of rotatable bonds is 2. The largest absolute Gasteiger partial charge is 0.390 e. The van der Waals surface area contributed by atoms with Crippen LogP contribution in [0.25, 0.3) is 0 Å². The number of hydrogen-bond donors (Lipinski definition) is 1. The van der Waals surface area contributed by atoms with E-state index in [9.17, 15) is 5.11 Å². The maximum atomic E-state index is 10.3. The summed E-state index contributed by atoms with van der Waals surface area (Å²) in [5.41, 5.74) is -0.341. The minimum Gasteiger partial charge on any atom is -0.390 e. The summed E-state index contributed by atoms with van der Waals surface area (Å²) in [4.78, 5) is 0. The molecule has 1 aliphatic rings. The van der Waals surface area contributed by atoms with Gasteiger partial charge in [0.05, 0.1) is 5.60 Å². The Morgan fingerprint density at radius 3 is 2.58 bits per heavy atom. The van der Waals surface area contributed by atoms with Gasteiger partial charge in [0.15, 0.2) is 0 Å². The van der Waals surface area contributed by atoms with Crippen LogP contribution in [0.1, 0.15) is 52.9 Å². The van der Waals surface area contributed by atoms with E-state index in [4.69, 9.17) is 0 Å². The predicted octanol–water partition coefficient (Wildman–Crippen LogP) is 2.97. The van der Waals surface area contributed by atoms with Gasteiger partial charge in [-0.1, -0.05) is 33.6 Å². The van der Waals surface area contributed by atoms with Crippen LogP contribution in [0.5, 0.6) is 0 Å². The second-order valence-corrected chi connectivity index (χ2v) is 4.64. The molecule has 0 aromatic carbocycles. The summed E-state index contributed by atoms with van der Waals surface area (Å²) in [6, 6.07) is 0. The predicted molar refractivity (Wildman–Crippen MR) is 52.0 cm³/mol. The molecule has 1 N–H and O–H groups in total. The highest BCUT2D eigenvalue weighted by molar-refractivity contribution is 4.89. The molecule has 0 aromatic rings. The molecule has 12 heavy (non-hydrogen) atoms. The van der Waals surface area contributed by atoms with Crippen molar-refractivity contribution in [3.63, 3.8) is 0 Å². The van der Waals surface area contributed by atoms with Crippen molar-refractivity contribution in [2.45, 2.75) is 58.5 Å². The SMILES string of the molecule is CCCC1(O)CC(C)CCC1C. The highest BCUT2D eigenvalue weighted by Crippen LogP contribution is 2.39. The van der Waals surface area contributed by atoms with E-state index >= 15 is 0 Å². The number of hydrogen-bond acceptors (Lipinski definition) is 1. The molecular formula is C11H22O. The van der Waals surface area contributed by atoms with E-state index in [1.54, 1.807) is 0 Å². The van der Waals surface area contributed by atoms with Gasteiger partial charge in [0.1, 0.15) is 0 Å². The summed E-state index contributed by atoms with van der Waals surface area (Å²) < 4.78 is 0. The molecule has 0 amide bonds. The maximum Gasteiger partial charge on any atom is 0.0675 e. The maximum absolute atomic E-state index is 10.3. The van der Waals surface area contributed by atoms with Gasteiger partial charge in [-0.25, -0.2) is 0 Å². The third-order valence-electron chi connectivity index (χ3n) is 3.39. The first-order valence-corrected chi connectivity index (χ1v) is 5.31. The highest BCUT2D eigenvalue weighted by atomic mass is 16.3. The van der Waals surface area contributed by atoms with Gasteiger partial charge in [-0.3, -0.25) is 0 Å². The van der Waals surface area contributed by atoms with Crippen LogP contribution in [0.15, 0.2) is 0 Å². The molecule has 1 nitrogen and oxygen atoms in total. The van der Waals surface area contributed by atoms with E-state index in [0.717, 1.165) is 25.2 Å². The lowest BCUT2D eigenvalue weighted by atomic mass is 9.70. The second kappa shape index (κ2) is 3.78. The first kappa shape index (κ1) is 10.0. The fourth-order valence-corrected chi connectivity index (χ4v) is 2.49. The summed E-state index contributed by atoms with van der Waals surface area (Å²) in [6.07, 6.45) is 5.61. The Balaban J connectivity index is 2.57. The fraction of sp³-hybridized carbons (Fsp3) is 1.00. The Kier molecular flexibility index (Phi) is 3.16. The van der Waals surface area contributed by atoms with E-state index in [1.807, 2.05) is 0 Å². The Hall–Kier alpha value is -0.0400. The fourth-order valence-electron chi connectivity index (χ4n) is 2.49. The molecule has 0 aliphatic heterocycles. The minimum absolute atomic E-state index is 0.341. The first-order chi connectivity index (χ1) is 5.58. The van der Waals surface area contributed by atoms with Crippen molar-refractivity contribution in [3.05, 3.63) is 0 Å². The smallest absolute Gasteiger partial charge is 0.0675 e. The molecule has 1 rings (SSSR count). The van der Waals surface area contributed by atoms with Crippen molar-refractivity contribution in [3.8, 4) is 0 Å². The van der Waals surface area contributed by atoms with Gasteiger partial charge < -0.3 is 5.11 Å². The zero-order chi connectivity index (χ0) is 9.19. The lowest BCUT2D eigenvalue weighted by Gasteiger charge is -2.41. The minimum atomic E-state index is -0.341. The first-order valence-electron chi connectivity index (χ1n) is 5.31. The molecule has 3 unspecified atom stereocenters. The van der Waals surface area contributed by atoms with Gasteiger partial charge in [-0.15, -0.1) is 0 Å². The van der Waals surface area contributed by atoms with E-state index < -0.39 is 0 Å². The van der Waals surface area contributed by atoms with E-state index in [-0.39, 0.29) is 5.60 Å². The summed E-state index contributed by atoms with van der Waals surface area (Å²) in [7, 11) is 0. The molecule has 1 heteroatoms. The molecule has 0 bridgehead atoms. The Morgan fingerprint density at radius 1 is 1.33 bits per heavy atom. The quantitative estimate of drug-likeness (QED) is 0.675. The monoisotopic (exact) mass is 170 g/mol. The Labute approximate surface area is 76.2 Å². The van der Waals surface area contributed by atoms with Crippen LogP contribution in [0.4, 0.5) is 0 Å². The van der Waals surface area contributed by atoms with Crippen LogP contribution in [0, 0.1) is 11.8 Å². The van der Waals surface area contributed by atoms with Gasteiger partial charge in [-0.05, 0) is 31.1 Å². The van der Waals surface area contributed by atoms with Crippen molar-refractivity contribution in [1.82, 2.24) is 0 Å². The highest BCUT2D eigenvalue weighted by Gasteiger charge is 2.37. The van der Waals surface area contributed by atoms with Crippen molar-refractivity contribution in [2.24, 2.45) is 11.8 Å². The molecule has 1 aliphatic carbocycles. The molecule has 0 radical (unpaired) electrons. The second-order valence-electron chi connectivity index (χ2n) is 4.64. The molecule has 0 heterocycles. The lowest BCUT2D eigenvalue weighted by molar-refractivity contribution is -0.0633. The molecular weight excluding hydrogens is 148 g/mol. The molecule has 3 atom stereocenters. The van der Waals surface area contributed by atoms with Crippen LogP contribution in [0.2, 0.25) is 0 Å². The normalized spacial score (nSPS) is 43.0. The van der Waals surface area contributed by atoms with E-state index in [2.05, 4.69) is 20.8 Å². The van der Waals surface area contributed by atoms with Crippen LogP contribution >= 0.6 is 0 Å². The van der Waals surface area contributed by atoms with Crippen LogP contribution in [-0.2, 0) is 0 Å². The van der Waals surface area contributed by atoms with Crippen molar-refractivity contribution < 1.29 is 5.11 Å². The Morgan fingerprint density at radius 2 is 2.00 bits per heavy atom. The van der Waals surface area contributed by atoms with Crippen molar-refractivity contribution >= 4 is 0 Å². The van der Waals surface area contributed by atoms with E-state index in [0.29, 0.717) is 5.92 Å². The van der Waals surface area contributed by atoms with Gasteiger partial charge in [0.25, 0.3) is 0 Å². The zero-order valence-corrected chi connectivity index (χ0v) is 8.64. The van der Waals surface area contributed by atoms with Crippen LogP contribution < -0.4 is 0 Å². The van der Waals surface area contributed by atoms with Gasteiger partial charge in [-0.2, -0.15) is 0 Å². The van der Waals surface area contributed by atoms with Crippen LogP contribution in [-0.4, -0.2) is 10.7 Å². The molecule has 0 saturated heterocycles. The molecule has 1 fully saturated rings. The van der Waals surface area contributed by atoms with Crippen LogP contribution in [0.3, 0.4) is 0 Å². The topological polar surface area (TPSA) is 20.2 Å². The summed E-state index contributed by atoms with van der Waals surface area (Å²) in [5, 5.41) is 10.3. The molecule has 1 saturated carbocycles. The van der Waals surface area contributed by atoms with Crippen molar-refractivity contribution in [1.29, 1.82) is 0 Å². The Bertz CT molecular complexity index is 144.